The van der Waals surface area contributed by atoms with Crippen LogP contribution in [0.4, 0.5) is 4.79 Å². The van der Waals surface area contributed by atoms with Crippen LogP contribution in [0.2, 0.25) is 0 Å². The van der Waals surface area contributed by atoms with Crippen LogP contribution < -0.4 is 15.4 Å². The molecule has 0 bridgehead atoms. The number of ether oxygens (including phenoxy) is 1. The molecule has 2 aliphatic rings. The minimum atomic E-state index is -0.813. The number of amides is 4. The van der Waals surface area contributed by atoms with Crippen LogP contribution in [-0.2, 0) is 16.1 Å². The molecule has 2 aromatic rings. The highest BCUT2D eigenvalue weighted by Gasteiger charge is 2.51. The number of carbonyl (C=O) groups excluding carboxylic acids is 3. The van der Waals surface area contributed by atoms with Gasteiger partial charge in [-0.05, 0) is 43.2 Å². The van der Waals surface area contributed by atoms with Gasteiger partial charge in [0.25, 0.3) is 5.91 Å². The zero-order chi connectivity index (χ0) is 21.1. The first-order chi connectivity index (χ1) is 14.5. The van der Waals surface area contributed by atoms with E-state index < -0.39 is 17.5 Å². The molecule has 9 nitrogen and oxygen atoms in total. The Morgan fingerprint density at radius 2 is 1.90 bits per heavy atom. The van der Waals surface area contributed by atoms with E-state index in [9.17, 15) is 14.4 Å². The van der Waals surface area contributed by atoms with Crippen LogP contribution >= 0.6 is 0 Å². The average molecular weight is 411 g/mol. The molecule has 0 unspecified atom stereocenters. The van der Waals surface area contributed by atoms with Crippen LogP contribution in [0, 0.1) is 0 Å². The van der Waals surface area contributed by atoms with E-state index in [2.05, 4.69) is 15.7 Å². The van der Waals surface area contributed by atoms with Crippen molar-refractivity contribution >= 4 is 17.8 Å². The number of nitrogens with one attached hydrogen (secondary N) is 2. The third-order valence-corrected chi connectivity index (χ3v) is 5.70. The summed E-state index contributed by atoms with van der Waals surface area (Å²) in [6.07, 6.45) is 5.95. The summed E-state index contributed by atoms with van der Waals surface area (Å²) in [7, 11) is 1.61. The molecule has 0 radical (unpaired) electrons. The molecule has 2 fully saturated rings. The predicted molar refractivity (Wildman–Crippen MR) is 108 cm³/mol. The van der Waals surface area contributed by atoms with Gasteiger partial charge in [-0.1, -0.05) is 19.3 Å². The van der Waals surface area contributed by atoms with Crippen LogP contribution in [0.15, 0.2) is 36.5 Å². The summed E-state index contributed by atoms with van der Waals surface area (Å²) in [6, 6.07) is 8.76. The fraction of sp³-hybridized carbons (Fsp3) is 0.429. The van der Waals surface area contributed by atoms with Gasteiger partial charge in [-0.15, -0.1) is 0 Å². The number of urea groups is 1. The van der Waals surface area contributed by atoms with Crippen molar-refractivity contribution < 1.29 is 19.1 Å². The molecule has 9 heteroatoms. The van der Waals surface area contributed by atoms with Crippen molar-refractivity contribution in [2.24, 2.45) is 0 Å². The number of benzene rings is 1. The third kappa shape index (κ3) is 3.87. The molecule has 0 atom stereocenters. The number of methoxy groups -OCH3 is 1. The first-order valence-corrected chi connectivity index (χ1v) is 10.1. The summed E-state index contributed by atoms with van der Waals surface area (Å²) in [4.78, 5) is 38.4. The van der Waals surface area contributed by atoms with E-state index in [1.165, 1.54) is 0 Å². The van der Waals surface area contributed by atoms with Gasteiger partial charge in [0.1, 0.15) is 17.8 Å². The lowest BCUT2D eigenvalue weighted by Crippen LogP contribution is -2.49. The maximum atomic E-state index is 12.7. The molecule has 1 aliphatic carbocycles. The molecule has 1 aromatic carbocycles. The first-order valence-electron chi connectivity index (χ1n) is 10.1. The maximum Gasteiger partial charge on any atom is 0.325 e. The summed E-state index contributed by atoms with van der Waals surface area (Å²) in [5, 5.41) is 9.98. The Kier molecular flexibility index (Phi) is 5.43. The molecule has 1 spiro atoms. The second-order valence-electron chi connectivity index (χ2n) is 7.69. The van der Waals surface area contributed by atoms with Gasteiger partial charge in [0.05, 0.1) is 25.0 Å². The summed E-state index contributed by atoms with van der Waals surface area (Å²) in [6.45, 7) is -0.0810. The lowest BCUT2D eigenvalue weighted by Gasteiger charge is -2.30. The quantitative estimate of drug-likeness (QED) is 0.705. The monoisotopic (exact) mass is 411 g/mol. The Morgan fingerprint density at radius 1 is 1.17 bits per heavy atom. The SMILES string of the molecule is COc1ccc(-n2ccc(CNC(=O)CN3C(=O)NC4(CCCCC4)C3=O)n2)cc1. The number of carbonyl (C=O) groups is 3. The van der Waals surface area contributed by atoms with Crippen LogP contribution in [0.1, 0.15) is 37.8 Å². The van der Waals surface area contributed by atoms with Crippen molar-refractivity contribution in [1.29, 1.82) is 0 Å². The van der Waals surface area contributed by atoms with Crippen molar-refractivity contribution in [3.63, 3.8) is 0 Å². The third-order valence-electron chi connectivity index (χ3n) is 5.70. The summed E-state index contributed by atoms with van der Waals surface area (Å²) in [5.74, 6) is 0.0744. The Morgan fingerprint density at radius 3 is 2.60 bits per heavy atom. The second-order valence-corrected chi connectivity index (χ2v) is 7.69. The number of rotatable bonds is 6. The molecule has 1 saturated carbocycles. The van der Waals surface area contributed by atoms with Gasteiger partial charge in [-0.3, -0.25) is 14.5 Å². The minimum Gasteiger partial charge on any atom is -0.497 e. The van der Waals surface area contributed by atoms with Crippen LogP contribution in [0.25, 0.3) is 5.69 Å². The maximum absolute atomic E-state index is 12.7. The van der Waals surface area contributed by atoms with E-state index in [0.29, 0.717) is 18.5 Å². The number of nitrogens with zero attached hydrogens (tertiary/aromatic N) is 3. The van der Waals surface area contributed by atoms with Crippen molar-refractivity contribution in [2.75, 3.05) is 13.7 Å². The summed E-state index contributed by atoms with van der Waals surface area (Å²) >= 11 is 0. The lowest BCUT2D eigenvalue weighted by molar-refractivity contribution is -0.135. The number of imide groups is 1. The first kappa shape index (κ1) is 19.9. The summed E-state index contributed by atoms with van der Waals surface area (Å²) in [5.41, 5.74) is 0.720. The standard InChI is InChI=1S/C21H25N5O4/c1-30-17-7-5-16(6-8-17)26-12-9-15(24-26)13-22-18(27)14-25-19(28)21(23-20(25)29)10-3-2-4-11-21/h5-9,12H,2-4,10-11,13-14H2,1H3,(H,22,27)(H,23,29). The molecule has 30 heavy (non-hydrogen) atoms. The Balaban J connectivity index is 1.32. The van der Waals surface area contributed by atoms with Gasteiger partial charge in [-0.2, -0.15) is 5.10 Å². The fourth-order valence-corrected chi connectivity index (χ4v) is 4.04. The van der Waals surface area contributed by atoms with E-state index in [1.54, 1.807) is 24.1 Å². The summed E-state index contributed by atoms with van der Waals surface area (Å²) < 4.78 is 6.85. The normalized spacial score (nSPS) is 17.8. The minimum absolute atomic E-state index is 0.205. The van der Waals surface area contributed by atoms with E-state index in [-0.39, 0.29) is 19.0 Å². The van der Waals surface area contributed by atoms with Gasteiger partial charge >= 0.3 is 6.03 Å². The Hall–Kier alpha value is -3.36. The van der Waals surface area contributed by atoms with Crippen LogP contribution in [0.5, 0.6) is 5.75 Å². The van der Waals surface area contributed by atoms with Crippen molar-refractivity contribution in [3.05, 3.63) is 42.2 Å². The highest BCUT2D eigenvalue weighted by atomic mass is 16.5. The molecular formula is C21H25N5O4. The van der Waals surface area contributed by atoms with E-state index in [0.717, 1.165) is 35.6 Å². The average Bonchev–Trinajstić information content (AvgIpc) is 3.32. The van der Waals surface area contributed by atoms with E-state index >= 15 is 0 Å². The van der Waals surface area contributed by atoms with Gasteiger partial charge in [0, 0.05) is 6.20 Å². The highest BCUT2D eigenvalue weighted by molar-refractivity contribution is 6.09. The van der Waals surface area contributed by atoms with E-state index in [1.807, 2.05) is 24.3 Å². The Bertz CT molecular complexity index is 947. The molecule has 1 saturated heterocycles. The molecule has 4 rings (SSSR count). The smallest absolute Gasteiger partial charge is 0.325 e. The van der Waals surface area contributed by atoms with Crippen molar-refractivity contribution in [1.82, 2.24) is 25.3 Å². The molecule has 1 aliphatic heterocycles. The van der Waals surface area contributed by atoms with Crippen LogP contribution in [-0.4, -0.2) is 51.7 Å². The zero-order valence-corrected chi connectivity index (χ0v) is 16.9. The van der Waals surface area contributed by atoms with Crippen LogP contribution in [0.3, 0.4) is 0 Å². The number of hydrogen-bond acceptors (Lipinski definition) is 5. The molecule has 4 amide bonds. The molecule has 2 heterocycles. The Labute approximate surface area is 174 Å². The zero-order valence-electron chi connectivity index (χ0n) is 16.9. The number of hydrogen-bond donors (Lipinski definition) is 2. The molecule has 2 N–H and O–H groups in total. The largest absolute Gasteiger partial charge is 0.497 e. The van der Waals surface area contributed by atoms with Gasteiger partial charge < -0.3 is 15.4 Å². The van der Waals surface area contributed by atoms with Gasteiger partial charge in [0.15, 0.2) is 0 Å². The predicted octanol–water partition coefficient (Wildman–Crippen LogP) is 1.75. The topological polar surface area (TPSA) is 106 Å². The van der Waals surface area contributed by atoms with Crippen molar-refractivity contribution in [2.45, 2.75) is 44.2 Å². The highest BCUT2D eigenvalue weighted by Crippen LogP contribution is 2.33. The van der Waals surface area contributed by atoms with Gasteiger partial charge in [0.2, 0.25) is 5.91 Å². The molecular weight excluding hydrogens is 386 g/mol. The van der Waals surface area contributed by atoms with E-state index in [4.69, 9.17) is 4.74 Å². The second kappa shape index (κ2) is 8.17. The number of aromatic nitrogens is 2. The van der Waals surface area contributed by atoms with Crippen molar-refractivity contribution in [3.8, 4) is 11.4 Å². The molecule has 158 valence electrons. The fourth-order valence-electron chi connectivity index (χ4n) is 4.04. The lowest BCUT2D eigenvalue weighted by atomic mass is 9.82. The van der Waals surface area contributed by atoms with Gasteiger partial charge in [-0.25, -0.2) is 9.48 Å². The molecule has 1 aromatic heterocycles.